The van der Waals surface area contributed by atoms with Crippen molar-refractivity contribution in [2.24, 2.45) is 17.8 Å². The maximum absolute atomic E-state index is 3.73. The van der Waals surface area contributed by atoms with Crippen molar-refractivity contribution < 1.29 is 0 Å². The van der Waals surface area contributed by atoms with Crippen molar-refractivity contribution >= 4 is 0 Å². The lowest BCUT2D eigenvalue weighted by atomic mass is 9.95. The summed E-state index contributed by atoms with van der Waals surface area (Å²) < 4.78 is 0. The number of nitrogens with zero attached hydrogens (tertiary/aromatic N) is 1. The Kier molecular flexibility index (Phi) is 4.26. The van der Waals surface area contributed by atoms with Gasteiger partial charge in [0.2, 0.25) is 0 Å². The van der Waals surface area contributed by atoms with Crippen LogP contribution in [0.5, 0.6) is 0 Å². The number of piperidine rings is 1. The van der Waals surface area contributed by atoms with Crippen molar-refractivity contribution in [2.45, 2.75) is 46.1 Å². The second kappa shape index (κ2) is 5.50. The maximum Gasteiger partial charge on any atom is 0.0198 e. The minimum atomic E-state index is 0.741. The van der Waals surface area contributed by atoms with Gasteiger partial charge in [0, 0.05) is 25.7 Å². The van der Waals surface area contributed by atoms with E-state index in [-0.39, 0.29) is 0 Å². The van der Waals surface area contributed by atoms with Crippen LogP contribution in [0.15, 0.2) is 0 Å². The highest BCUT2D eigenvalue weighted by Crippen LogP contribution is 2.31. The zero-order valence-corrected chi connectivity index (χ0v) is 11.2. The van der Waals surface area contributed by atoms with Gasteiger partial charge in [0.05, 0.1) is 0 Å². The van der Waals surface area contributed by atoms with Crippen molar-refractivity contribution in [3.8, 4) is 0 Å². The molecule has 2 aliphatic rings. The van der Waals surface area contributed by atoms with Gasteiger partial charge in [0.25, 0.3) is 0 Å². The Morgan fingerprint density at radius 3 is 2.62 bits per heavy atom. The third-order valence-electron chi connectivity index (χ3n) is 3.76. The van der Waals surface area contributed by atoms with Gasteiger partial charge in [-0.3, -0.25) is 0 Å². The highest BCUT2D eigenvalue weighted by molar-refractivity contribution is 4.85. The average Bonchev–Trinajstić information content (AvgIpc) is 2.98. The molecule has 2 nitrogen and oxygen atoms in total. The summed E-state index contributed by atoms with van der Waals surface area (Å²) >= 11 is 0. The third kappa shape index (κ3) is 4.06. The summed E-state index contributed by atoms with van der Waals surface area (Å²) in [6.07, 6.45) is 4.33. The molecule has 2 fully saturated rings. The summed E-state index contributed by atoms with van der Waals surface area (Å²) in [4.78, 5) is 2.70. The molecule has 1 aliphatic carbocycles. The SMILES string of the molecule is CC(C)CNC1CC(C)CN(CC2CC2)C1. The van der Waals surface area contributed by atoms with E-state index in [2.05, 4.69) is 31.0 Å². The van der Waals surface area contributed by atoms with Gasteiger partial charge < -0.3 is 10.2 Å². The van der Waals surface area contributed by atoms with E-state index in [1.807, 2.05) is 0 Å². The molecule has 0 aromatic carbocycles. The molecule has 94 valence electrons. The smallest absolute Gasteiger partial charge is 0.0198 e. The Morgan fingerprint density at radius 2 is 2.00 bits per heavy atom. The molecule has 0 aromatic rings. The Morgan fingerprint density at radius 1 is 1.25 bits per heavy atom. The van der Waals surface area contributed by atoms with Gasteiger partial charge in [-0.15, -0.1) is 0 Å². The van der Waals surface area contributed by atoms with Crippen LogP contribution in [0.3, 0.4) is 0 Å². The lowest BCUT2D eigenvalue weighted by molar-refractivity contribution is 0.142. The molecule has 0 bridgehead atoms. The summed E-state index contributed by atoms with van der Waals surface area (Å²) in [6, 6.07) is 0.741. The molecule has 1 N–H and O–H groups in total. The normalized spacial score (nSPS) is 32.2. The quantitative estimate of drug-likeness (QED) is 0.771. The first-order chi connectivity index (χ1) is 7.63. The lowest BCUT2D eigenvalue weighted by Crippen LogP contribution is -2.49. The minimum Gasteiger partial charge on any atom is -0.312 e. The molecule has 2 atom stereocenters. The van der Waals surface area contributed by atoms with E-state index in [1.165, 1.54) is 45.4 Å². The summed E-state index contributed by atoms with van der Waals surface area (Å²) in [5.41, 5.74) is 0. The van der Waals surface area contributed by atoms with Gasteiger partial charge in [-0.1, -0.05) is 20.8 Å². The largest absolute Gasteiger partial charge is 0.312 e. The van der Waals surface area contributed by atoms with Gasteiger partial charge in [-0.25, -0.2) is 0 Å². The van der Waals surface area contributed by atoms with E-state index in [9.17, 15) is 0 Å². The first-order valence-electron chi connectivity index (χ1n) is 7.09. The van der Waals surface area contributed by atoms with Crippen LogP contribution in [0.4, 0.5) is 0 Å². The maximum atomic E-state index is 3.73. The first-order valence-corrected chi connectivity index (χ1v) is 7.09. The number of hydrogen-bond acceptors (Lipinski definition) is 2. The van der Waals surface area contributed by atoms with Gasteiger partial charge in [0.1, 0.15) is 0 Å². The topological polar surface area (TPSA) is 15.3 Å². The molecule has 1 saturated heterocycles. The lowest BCUT2D eigenvalue weighted by Gasteiger charge is -2.37. The molecule has 2 rings (SSSR count). The van der Waals surface area contributed by atoms with Crippen LogP contribution in [0, 0.1) is 17.8 Å². The molecule has 2 heteroatoms. The predicted octanol–water partition coefficient (Wildman–Crippen LogP) is 2.35. The van der Waals surface area contributed by atoms with Crippen LogP contribution >= 0.6 is 0 Å². The zero-order chi connectivity index (χ0) is 11.5. The summed E-state index contributed by atoms with van der Waals surface area (Å²) in [7, 11) is 0. The van der Waals surface area contributed by atoms with Crippen molar-refractivity contribution in [3.05, 3.63) is 0 Å². The molecular weight excluding hydrogens is 196 g/mol. The summed E-state index contributed by atoms with van der Waals surface area (Å²) in [5.74, 6) is 2.68. The molecule has 2 unspecified atom stereocenters. The standard InChI is InChI=1S/C14H28N2/c1-11(2)7-15-14-6-12(3)8-16(10-14)9-13-4-5-13/h11-15H,4-10H2,1-3H3. The predicted molar refractivity (Wildman–Crippen MR) is 69.6 cm³/mol. The second-order valence-electron chi connectivity index (χ2n) is 6.50. The van der Waals surface area contributed by atoms with E-state index < -0.39 is 0 Å². The average molecular weight is 224 g/mol. The fraction of sp³-hybridized carbons (Fsp3) is 1.00. The fourth-order valence-corrected chi connectivity index (χ4v) is 2.83. The Hall–Kier alpha value is -0.0800. The van der Waals surface area contributed by atoms with Crippen molar-refractivity contribution in [2.75, 3.05) is 26.2 Å². The van der Waals surface area contributed by atoms with Crippen LogP contribution in [0.2, 0.25) is 0 Å². The minimum absolute atomic E-state index is 0.741. The van der Waals surface area contributed by atoms with E-state index >= 15 is 0 Å². The van der Waals surface area contributed by atoms with Gasteiger partial charge >= 0.3 is 0 Å². The molecular formula is C14H28N2. The fourth-order valence-electron chi connectivity index (χ4n) is 2.83. The molecule has 0 aromatic heterocycles. The van der Waals surface area contributed by atoms with Crippen LogP contribution in [0.1, 0.15) is 40.0 Å². The van der Waals surface area contributed by atoms with Gasteiger partial charge in [-0.2, -0.15) is 0 Å². The second-order valence-corrected chi connectivity index (χ2v) is 6.50. The molecule has 16 heavy (non-hydrogen) atoms. The van der Waals surface area contributed by atoms with Crippen molar-refractivity contribution in [3.63, 3.8) is 0 Å². The van der Waals surface area contributed by atoms with E-state index in [0.29, 0.717) is 0 Å². The van der Waals surface area contributed by atoms with E-state index in [1.54, 1.807) is 0 Å². The highest BCUT2D eigenvalue weighted by atomic mass is 15.2. The highest BCUT2D eigenvalue weighted by Gasteiger charge is 2.29. The molecule has 1 heterocycles. The third-order valence-corrected chi connectivity index (χ3v) is 3.76. The van der Waals surface area contributed by atoms with Crippen LogP contribution in [-0.2, 0) is 0 Å². The van der Waals surface area contributed by atoms with E-state index in [4.69, 9.17) is 0 Å². The van der Waals surface area contributed by atoms with Crippen molar-refractivity contribution in [1.82, 2.24) is 10.2 Å². The monoisotopic (exact) mass is 224 g/mol. The summed E-state index contributed by atoms with van der Waals surface area (Å²) in [6.45, 7) is 12.1. The molecule has 0 amide bonds. The zero-order valence-electron chi connectivity index (χ0n) is 11.2. The Balaban J connectivity index is 1.74. The number of likely N-dealkylation sites (tertiary alicyclic amines) is 1. The summed E-state index contributed by atoms with van der Waals surface area (Å²) in [5, 5.41) is 3.73. The Labute approximate surface area is 101 Å². The molecule has 1 saturated carbocycles. The number of hydrogen-bond donors (Lipinski definition) is 1. The van der Waals surface area contributed by atoms with E-state index in [0.717, 1.165) is 23.8 Å². The van der Waals surface area contributed by atoms with Crippen molar-refractivity contribution in [1.29, 1.82) is 0 Å². The van der Waals surface area contributed by atoms with Crippen LogP contribution < -0.4 is 5.32 Å². The van der Waals surface area contributed by atoms with Gasteiger partial charge in [-0.05, 0) is 43.6 Å². The Bertz CT molecular complexity index is 209. The first kappa shape index (κ1) is 12.4. The molecule has 0 radical (unpaired) electrons. The number of rotatable bonds is 5. The van der Waals surface area contributed by atoms with Gasteiger partial charge in [0.15, 0.2) is 0 Å². The van der Waals surface area contributed by atoms with Crippen LogP contribution in [-0.4, -0.2) is 37.1 Å². The molecule has 0 spiro atoms. The number of nitrogens with one attached hydrogen (secondary N) is 1. The van der Waals surface area contributed by atoms with Crippen LogP contribution in [0.25, 0.3) is 0 Å². The molecule has 1 aliphatic heterocycles.